The van der Waals surface area contributed by atoms with E-state index in [0.717, 1.165) is 17.7 Å². The zero-order valence-corrected chi connectivity index (χ0v) is 11.1. The van der Waals surface area contributed by atoms with Crippen molar-refractivity contribution >= 4 is 34.6 Å². The average molecular weight is 264 g/mol. The summed E-state index contributed by atoms with van der Waals surface area (Å²) in [4.78, 5) is 2.17. The topological polar surface area (TPSA) is 36.7 Å². The second-order valence-corrected chi connectivity index (χ2v) is 6.47. The van der Waals surface area contributed by atoms with Crippen molar-refractivity contribution in [3.8, 4) is 16.5 Å². The number of fused-ring (bicyclic) bond motifs is 3. The molecule has 0 saturated heterocycles. The predicted molar refractivity (Wildman–Crippen MR) is 69.3 cm³/mol. The lowest BCUT2D eigenvalue weighted by atomic mass is 9.94. The van der Waals surface area contributed by atoms with E-state index in [-0.39, 0.29) is 0 Å². The fraction of sp³-hybridized carbons (Fsp3) is 0.273. The van der Waals surface area contributed by atoms with Crippen molar-refractivity contribution in [2.45, 2.75) is 17.1 Å². The van der Waals surface area contributed by atoms with E-state index >= 15 is 0 Å². The third-order valence-electron chi connectivity index (χ3n) is 2.78. The van der Waals surface area contributed by atoms with Crippen molar-refractivity contribution in [2.24, 2.45) is 0 Å². The second kappa shape index (κ2) is 3.88. The Morgan fingerprint density at radius 2 is 2.38 bits per heavy atom. The standard InChI is InChI=1S/C11H8N2S3/c1-14-11-9-7(8(4-12)15-11)3-2-6-5-13-16-10(6)9/h5H,2-3H2,1H3. The van der Waals surface area contributed by atoms with Gasteiger partial charge in [0.15, 0.2) is 0 Å². The summed E-state index contributed by atoms with van der Waals surface area (Å²) in [5.74, 6) is 0. The lowest BCUT2D eigenvalue weighted by Gasteiger charge is -2.12. The molecule has 0 unspecified atom stereocenters. The molecule has 5 heteroatoms. The highest BCUT2D eigenvalue weighted by molar-refractivity contribution is 8.00. The average Bonchev–Trinajstić information content (AvgIpc) is 2.91. The van der Waals surface area contributed by atoms with Gasteiger partial charge in [0.25, 0.3) is 0 Å². The summed E-state index contributed by atoms with van der Waals surface area (Å²) < 4.78 is 5.53. The molecule has 2 aromatic heterocycles. The molecule has 0 spiro atoms. The van der Waals surface area contributed by atoms with E-state index in [2.05, 4.69) is 16.7 Å². The monoisotopic (exact) mass is 264 g/mol. The smallest absolute Gasteiger partial charge is 0.110 e. The van der Waals surface area contributed by atoms with Crippen molar-refractivity contribution in [3.63, 3.8) is 0 Å². The normalized spacial score (nSPS) is 13.0. The number of thioether (sulfide) groups is 1. The van der Waals surface area contributed by atoms with Gasteiger partial charge in [-0.25, -0.2) is 4.37 Å². The molecule has 1 aliphatic rings. The van der Waals surface area contributed by atoms with Crippen LogP contribution >= 0.6 is 34.6 Å². The molecular formula is C11H8N2S3. The molecule has 0 bridgehead atoms. The fourth-order valence-electron chi connectivity index (χ4n) is 2.05. The first kappa shape index (κ1) is 10.3. The maximum absolute atomic E-state index is 9.14. The summed E-state index contributed by atoms with van der Waals surface area (Å²) >= 11 is 4.91. The number of hydrogen-bond donors (Lipinski definition) is 0. The number of thiophene rings is 1. The fourth-order valence-corrected chi connectivity index (χ4v) is 4.95. The highest BCUT2D eigenvalue weighted by atomic mass is 32.2. The van der Waals surface area contributed by atoms with Gasteiger partial charge in [0.1, 0.15) is 10.9 Å². The molecule has 0 aromatic carbocycles. The van der Waals surface area contributed by atoms with E-state index in [9.17, 15) is 0 Å². The molecule has 16 heavy (non-hydrogen) atoms. The van der Waals surface area contributed by atoms with Crippen molar-refractivity contribution < 1.29 is 0 Å². The molecule has 0 amide bonds. The first-order valence-corrected chi connectivity index (χ1v) is 7.70. The zero-order valence-electron chi connectivity index (χ0n) is 8.61. The van der Waals surface area contributed by atoms with Crippen LogP contribution in [0.1, 0.15) is 16.0 Å². The van der Waals surface area contributed by atoms with E-state index in [0.29, 0.717) is 0 Å². The van der Waals surface area contributed by atoms with Crippen LogP contribution in [0, 0.1) is 11.3 Å². The Kier molecular flexibility index (Phi) is 2.51. The Hall–Kier alpha value is -0.830. The van der Waals surface area contributed by atoms with Crippen molar-refractivity contribution in [1.82, 2.24) is 4.37 Å². The van der Waals surface area contributed by atoms with Crippen LogP contribution in [0.4, 0.5) is 0 Å². The number of rotatable bonds is 1. The van der Waals surface area contributed by atoms with Gasteiger partial charge in [-0.3, -0.25) is 0 Å². The molecule has 2 aromatic rings. The van der Waals surface area contributed by atoms with Gasteiger partial charge in [-0.05, 0) is 41.8 Å². The van der Waals surface area contributed by atoms with Crippen LogP contribution in [0.2, 0.25) is 0 Å². The van der Waals surface area contributed by atoms with Crippen LogP contribution in [0.3, 0.4) is 0 Å². The summed E-state index contributed by atoms with van der Waals surface area (Å²) in [5, 5.41) is 9.14. The number of nitrogens with zero attached hydrogens (tertiary/aromatic N) is 2. The minimum absolute atomic E-state index is 0.887. The number of nitriles is 1. The van der Waals surface area contributed by atoms with Gasteiger partial charge in [-0.2, -0.15) is 5.26 Å². The van der Waals surface area contributed by atoms with Crippen LogP contribution in [0.25, 0.3) is 10.4 Å². The Labute approximate surface area is 106 Å². The highest BCUT2D eigenvalue weighted by Crippen LogP contribution is 2.47. The molecule has 0 saturated carbocycles. The van der Waals surface area contributed by atoms with Crippen LogP contribution in [-0.4, -0.2) is 10.6 Å². The second-order valence-electron chi connectivity index (χ2n) is 3.57. The van der Waals surface area contributed by atoms with Crippen molar-refractivity contribution in [3.05, 3.63) is 22.2 Å². The van der Waals surface area contributed by atoms with Gasteiger partial charge in [0, 0.05) is 11.8 Å². The van der Waals surface area contributed by atoms with Gasteiger partial charge >= 0.3 is 0 Å². The minimum Gasteiger partial charge on any atom is -0.200 e. The van der Waals surface area contributed by atoms with E-state index < -0.39 is 0 Å². The molecule has 1 aliphatic carbocycles. The van der Waals surface area contributed by atoms with Crippen LogP contribution in [0.15, 0.2) is 10.4 Å². The molecule has 2 nitrogen and oxygen atoms in total. The number of aromatic nitrogens is 1. The van der Waals surface area contributed by atoms with E-state index in [1.165, 1.54) is 25.8 Å². The lowest BCUT2D eigenvalue weighted by Crippen LogP contribution is -2.00. The molecule has 0 N–H and O–H groups in total. The molecule has 0 atom stereocenters. The third kappa shape index (κ3) is 1.34. The van der Waals surface area contributed by atoms with Crippen LogP contribution in [-0.2, 0) is 12.8 Å². The molecule has 3 rings (SSSR count). The van der Waals surface area contributed by atoms with Crippen molar-refractivity contribution in [1.29, 1.82) is 5.26 Å². The van der Waals surface area contributed by atoms with Gasteiger partial charge in [-0.1, -0.05) is 0 Å². The van der Waals surface area contributed by atoms with Gasteiger partial charge in [0.2, 0.25) is 0 Å². The number of hydrogen-bond acceptors (Lipinski definition) is 5. The quantitative estimate of drug-likeness (QED) is 0.739. The lowest BCUT2D eigenvalue weighted by molar-refractivity contribution is 0.947. The third-order valence-corrected chi connectivity index (χ3v) is 5.89. The Morgan fingerprint density at radius 1 is 1.50 bits per heavy atom. The Balaban J connectivity index is 2.31. The summed E-state index contributed by atoms with van der Waals surface area (Å²) in [6, 6.07) is 2.32. The molecule has 0 aliphatic heterocycles. The summed E-state index contributed by atoms with van der Waals surface area (Å²) in [7, 11) is 0. The van der Waals surface area contributed by atoms with E-state index in [1.54, 1.807) is 34.6 Å². The van der Waals surface area contributed by atoms with Crippen LogP contribution < -0.4 is 0 Å². The summed E-state index contributed by atoms with van der Waals surface area (Å²) in [5.41, 5.74) is 3.88. The maximum Gasteiger partial charge on any atom is 0.110 e. The van der Waals surface area contributed by atoms with E-state index in [1.807, 2.05) is 6.20 Å². The molecule has 2 heterocycles. The van der Waals surface area contributed by atoms with Gasteiger partial charge in [-0.15, -0.1) is 23.1 Å². The SMILES string of the molecule is CSc1sc(C#N)c2c1-c1sncc1CC2. The first-order chi connectivity index (χ1) is 7.85. The zero-order chi connectivity index (χ0) is 11.1. The minimum atomic E-state index is 0.887. The summed E-state index contributed by atoms with van der Waals surface area (Å²) in [6.45, 7) is 0. The highest BCUT2D eigenvalue weighted by Gasteiger charge is 2.26. The van der Waals surface area contributed by atoms with Gasteiger partial charge in [0.05, 0.1) is 9.09 Å². The van der Waals surface area contributed by atoms with E-state index in [4.69, 9.17) is 5.26 Å². The predicted octanol–water partition coefficient (Wildman–Crippen LogP) is 3.56. The molecule has 0 fully saturated rings. The Morgan fingerprint density at radius 3 is 3.12 bits per heavy atom. The summed E-state index contributed by atoms with van der Waals surface area (Å²) in [6.07, 6.45) is 6.05. The Bertz CT molecular complexity index is 589. The molecule has 0 radical (unpaired) electrons. The molecule has 80 valence electrons. The largest absolute Gasteiger partial charge is 0.200 e. The van der Waals surface area contributed by atoms with Crippen molar-refractivity contribution in [2.75, 3.05) is 6.26 Å². The van der Waals surface area contributed by atoms with Gasteiger partial charge < -0.3 is 0 Å². The molecular weight excluding hydrogens is 256 g/mol. The van der Waals surface area contributed by atoms with Crippen LogP contribution in [0.5, 0.6) is 0 Å². The maximum atomic E-state index is 9.14. The first-order valence-electron chi connectivity index (χ1n) is 4.88. The number of aryl methyl sites for hydroxylation is 1.